The van der Waals surface area contributed by atoms with Crippen LogP contribution in [0.1, 0.15) is 0 Å². The zero-order chi connectivity index (χ0) is 10.3. The number of carboxylic acid groups (broad SMARTS) is 4. The first-order valence-corrected chi connectivity index (χ1v) is 2.15. The standard InChI is InChI=1S/2C2H2O4.Fe/c2*3-1(4)2(5)6;/h2*(H,3,4)(H,5,6);/q;;+3/p-3. The van der Waals surface area contributed by atoms with Gasteiger partial charge in [-0.05, 0) is 0 Å². The molecule has 0 atom stereocenters. The third-order valence-electron chi connectivity index (χ3n) is 0.341. The number of carboxylic acids is 4. The van der Waals surface area contributed by atoms with E-state index in [-0.39, 0.29) is 17.1 Å². The molecular weight excluding hydrogens is 232 g/mol. The van der Waals surface area contributed by atoms with E-state index < -0.39 is 23.9 Å². The van der Waals surface area contributed by atoms with Crippen LogP contribution in [-0.4, -0.2) is 29.0 Å². The second kappa shape index (κ2) is 8.50. The van der Waals surface area contributed by atoms with Crippen molar-refractivity contribution >= 4 is 23.9 Å². The summed E-state index contributed by atoms with van der Waals surface area (Å²) in [4.78, 5) is 35.9. The first-order valence-electron chi connectivity index (χ1n) is 2.15. The van der Waals surface area contributed by atoms with Gasteiger partial charge in [-0.2, -0.15) is 0 Å². The van der Waals surface area contributed by atoms with Crippen LogP contribution in [0.25, 0.3) is 0 Å². The third-order valence-corrected chi connectivity index (χ3v) is 0.341. The molecule has 0 aromatic rings. The number of carbonyl (C=O) groups is 4. The maximum Gasteiger partial charge on any atom is 3.00 e. The maximum absolute atomic E-state index is 9.04. The SMILES string of the molecule is O=C([O-])C(=O)O.O=C([O-])C(=O)[O-].[Fe+3]. The van der Waals surface area contributed by atoms with E-state index in [1.165, 1.54) is 0 Å². The van der Waals surface area contributed by atoms with Crippen LogP contribution in [0.5, 0.6) is 0 Å². The summed E-state index contributed by atoms with van der Waals surface area (Å²) < 4.78 is 0. The third kappa shape index (κ3) is 17.9. The molecule has 0 aromatic heterocycles. The van der Waals surface area contributed by atoms with Crippen molar-refractivity contribution in [2.24, 2.45) is 0 Å². The quantitative estimate of drug-likeness (QED) is 0.320. The van der Waals surface area contributed by atoms with Gasteiger partial charge in [0.1, 0.15) is 0 Å². The molecule has 13 heavy (non-hydrogen) atoms. The Bertz CT molecular complexity index is 172. The number of hydrogen-bond donors (Lipinski definition) is 1. The summed E-state index contributed by atoms with van der Waals surface area (Å²) in [7, 11) is 0. The second-order valence-electron chi connectivity index (χ2n) is 1.17. The molecule has 73 valence electrons. The Labute approximate surface area is 81.3 Å². The summed E-state index contributed by atoms with van der Waals surface area (Å²) in [5.41, 5.74) is 0. The zero-order valence-corrected chi connectivity index (χ0v) is 6.76. The molecule has 0 unspecified atom stereocenters. The maximum atomic E-state index is 9.04. The van der Waals surface area contributed by atoms with Crippen LogP contribution in [0.2, 0.25) is 0 Å². The predicted molar refractivity (Wildman–Crippen MR) is 22.7 cm³/mol. The Kier molecular flexibility index (Phi) is 11.4. The van der Waals surface area contributed by atoms with Gasteiger partial charge in [-0.15, -0.1) is 0 Å². The molecule has 0 aliphatic carbocycles. The van der Waals surface area contributed by atoms with E-state index in [2.05, 4.69) is 0 Å². The van der Waals surface area contributed by atoms with Gasteiger partial charge in [0.2, 0.25) is 0 Å². The van der Waals surface area contributed by atoms with E-state index in [9.17, 15) is 0 Å². The van der Waals surface area contributed by atoms with Crippen molar-refractivity contribution < 1.29 is 56.7 Å². The normalized spacial score (nSPS) is 6.77. The molecule has 1 N–H and O–H groups in total. The molecule has 0 bridgehead atoms. The molecule has 0 saturated carbocycles. The molecule has 0 heterocycles. The molecule has 0 fully saturated rings. The molecule has 9 heteroatoms. The molecule has 0 saturated heterocycles. The smallest absolute Gasteiger partial charge is 0.543 e. The topological polar surface area (TPSA) is 158 Å². The fourth-order valence-corrected chi connectivity index (χ4v) is 0. The van der Waals surface area contributed by atoms with Crippen molar-refractivity contribution in [3.05, 3.63) is 0 Å². The van der Waals surface area contributed by atoms with Crippen LogP contribution >= 0.6 is 0 Å². The van der Waals surface area contributed by atoms with E-state index in [0.29, 0.717) is 0 Å². The van der Waals surface area contributed by atoms with Gasteiger partial charge in [-0.1, -0.05) is 0 Å². The van der Waals surface area contributed by atoms with Gasteiger partial charge >= 0.3 is 23.0 Å². The van der Waals surface area contributed by atoms with E-state index in [1.54, 1.807) is 0 Å². The molecule has 0 rings (SSSR count). The Morgan fingerprint density at radius 2 is 0.923 bits per heavy atom. The van der Waals surface area contributed by atoms with Crippen LogP contribution in [0.4, 0.5) is 0 Å². The molecule has 0 aliphatic rings. The summed E-state index contributed by atoms with van der Waals surface area (Å²) in [6.07, 6.45) is 0. The van der Waals surface area contributed by atoms with E-state index in [0.717, 1.165) is 0 Å². The van der Waals surface area contributed by atoms with Crippen molar-refractivity contribution in [3.63, 3.8) is 0 Å². The second-order valence-corrected chi connectivity index (χ2v) is 1.17. The minimum Gasteiger partial charge on any atom is -0.543 e. The Morgan fingerprint density at radius 1 is 0.769 bits per heavy atom. The van der Waals surface area contributed by atoms with Gasteiger partial charge in [-0.3, -0.25) is 0 Å². The van der Waals surface area contributed by atoms with Crippen molar-refractivity contribution in [2.75, 3.05) is 0 Å². The van der Waals surface area contributed by atoms with Crippen molar-refractivity contribution in [3.8, 4) is 0 Å². The fourth-order valence-electron chi connectivity index (χ4n) is 0. The first-order chi connectivity index (χ1) is 5.29. The molecule has 0 aromatic carbocycles. The zero-order valence-electron chi connectivity index (χ0n) is 5.66. The van der Waals surface area contributed by atoms with Crippen LogP contribution in [0.15, 0.2) is 0 Å². The van der Waals surface area contributed by atoms with Crippen molar-refractivity contribution in [1.82, 2.24) is 0 Å². The van der Waals surface area contributed by atoms with Crippen LogP contribution in [-0.2, 0) is 36.2 Å². The number of hydrogen-bond acceptors (Lipinski definition) is 7. The van der Waals surface area contributed by atoms with Crippen LogP contribution in [0.3, 0.4) is 0 Å². The van der Waals surface area contributed by atoms with Crippen molar-refractivity contribution in [2.45, 2.75) is 0 Å². The van der Waals surface area contributed by atoms with E-state index in [1.807, 2.05) is 0 Å². The predicted octanol–water partition coefficient (Wildman–Crippen LogP) is -5.70. The molecule has 0 aliphatic heterocycles. The van der Waals surface area contributed by atoms with Crippen LogP contribution in [0, 0.1) is 0 Å². The van der Waals surface area contributed by atoms with E-state index >= 15 is 0 Å². The summed E-state index contributed by atoms with van der Waals surface area (Å²) in [5.74, 6) is -8.38. The first kappa shape index (κ1) is 17.5. The summed E-state index contributed by atoms with van der Waals surface area (Å²) in [5, 5.41) is 34.2. The summed E-state index contributed by atoms with van der Waals surface area (Å²) >= 11 is 0. The molecule has 0 amide bonds. The van der Waals surface area contributed by atoms with Gasteiger partial charge in [0.15, 0.2) is 5.97 Å². The largest absolute Gasteiger partial charge is 3.00 e. The molecular formula is C4HFeO8. The van der Waals surface area contributed by atoms with Crippen LogP contribution < -0.4 is 15.3 Å². The molecule has 1 radical (unpaired) electrons. The van der Waals surface area contributed by atoms with Gasteiger partial charge in [0.05, 0.1) is 11.9 Å². The van der Waals surface area contributed by atoms with Crippen molar-refractivity contribution in [1.29, 1.82) is 0 Å². The van der Waals surface area contributed by atoms with E-state index in [4.69, 9.17) is 39.6 Å². The Morgan fingerprint density at radius 3 is 0.923 bits per heavy atom. The van der Waals surface area contributed by atoms with Gasteiger partial charge in [0.25, 0.3) is 0 Å². The number of rotatable bonds is 0. The van der Waals surface area contributed by atoms with Gasteiger partial charge < -0.3 is 34.8 Å². The average molecular weight is 233 g/mol. The summed E-state index contributed by atoms with van der Waals surface area (Å²) in [6, 6.07) is 0. The van der Waals surface area contributed by atoms with Gasteiger partial charge in [-0.25, -0.2) is 4.79 Å². The Balaban J connectivity index is -0.000000143. The molecule has 8 nitrogen and oxygen atoms in total. The Hall–Kier alpha value is -1.60. The number of carbonyl (C=O) groups excluding carboxylic acids is 3. The summed E-state index contributed by atoms with van der Waals surface area (Å²) in [6.45, 7) is 0. The minimum atomic E-state index is -2.19. The molecule has 0 spiro atoms. The fraction of sp³-hybridized carbons (Fsp3) is 0. The number of aliphatic carboxylic acids is 4. The average Bonchev–Trinajstić information content (AvgIpc) is 1.88. The minimum absolute atomic E-state index is 0. The monoisotopic (exact) mass is 233 g/mol. The van der Waals surface area contributed by atoms with Gasteiger partial charge in [0, 0.05) is 0 Å².